The van der Waals surface area contributed by atoms with E-state index in [0.29, 0.717) is 13.1 Å². The van der Waals surface area contributed by atoms with Gasteiger partial charge in [-0.15, -0.1) is 0 Å². The van der Waals surface area contributed by atoms with Gasteiger partial charge in [-0.05, 0) is 36.1 Å². The molecule has 3 rings (SSSR count). The molecule has 2 N–H and O–H groups in total. The third kappa shape index (κ3) is 3.45. The van der Waals surface area contributed by atoms with Crippen LogP contribution >= 0.6 is 0 Å². The van der Waals surface area contributed by atoms with Crippen molar-refractivity contribution in [2.45, 2.75) is 24.8 Å². The first-order valence-electron chi connectivity index (χ1n) is 7.50. The van der Waals surface area contributed by atoms with Crippen molar-refractivity contribution >= 4 is 6.03 Å². The summed E-state index contributed by atoms with van der Waals surface area (Å²) in [5, 5.41) is 5.74. The fourth-order valence-corrected chi connectivity index (χ4v) is 2.61. The highest BCUT2D eigenvalue weighted by atomic mass is 19.1. The van der Waals surface area contributed by atoms with Crippen LogP contribution in [0.3, 0.4) is 0 Å². The molecule has 2 aromatic rings. The molecule has 1 aliphatic rings. The molecule has 0 aromatic heterocycles. The monoisotopic (exact) mass is 298 g/mol. The minimum absolute atomic E-state index is 0.106. The van der Waals surface area contributed by atoms with Crippen LogP contribution in [0.15, 0.2) is 54.6 Å². The molecule has 0 bridgehead atoms. The number of benzene rings is 2. The smallest absolute Gasteiger partial charge is 0.315 e. The first-order chi connectivity index (χ1) is 10.7. The summed E-state index contributed by atoms with van der Waals surface area (Å²) in [6, 6.07) is 16.2. The average molecular weight is 298 g/mol. The van der Waals surface area contributed by atoms with Crippen LogP contribution < -0.4 is 10.6 Å². The minimum atomic E-state index is -0.272. The molecule has 3 nitrogen and oxygen atoms in total. The fraction of sp³-hybridized carbons (Fsp3) is 0.278. The number of amides is 2. The third-order valence-electron chi connectivity index (χ3n) is 4.19. The zero-order valence-electron chi connectivity index (χ0n) is 12.3. The highest BCUT2D eigenvalue weighted by Crippen LogP contribution is 2.47. The molecule has 1 saturated carbocycles. The number of halogens is 1. The molecular weight excluding hydrogens is 279 g/mol. The van der Waals surface area contributed by atoms with Gasteiger partial charge in [-0.1, -0.05) is 42.5 Å². The van der Waals surface area contributed by atoms with E-state index in [-0.39, 0.29) is 17.3 Å². The molecule has 1 aliphatic carbocycles. The molecule has 0 unspecified atom stereocenters. The first-order valence-corrected chi connectivity index (χ1v) is 7.50. The highest BCUT2D eigenvalue weighted by molar-refractivity contribution is 5.74. The van der Waals surface area contributed by atoms with Gasteiger partial charge in [0.25, 0.3) is 0 Å². The Hall–Kier alpha value is -2.36. The SMILES string of the molecule is O=C(NCc1ccc(F)cc1)NCC1(c2ccccc2)CC1. The fourth-order valence-electron chi connectivity index (χ4n) is 2.61. The summed E-state index contributed by atoms with van der Waals surface area (Å²) in [6.45, 7) is 1.04. The van der Waals surface area contributed by atoms with E-state index in [0.717, 1.165) is 18.4 Å². The second-order valence-corrected chi connectivity index (χ2v) is 5.81. The lowest BCUT2D eigenvalue weighted by Gasteiger charge is -2.17. The lowest BCUT2D eigenvalue weighted by atomic mass is 9.96. The van der Waals surface area contributed by atoms with Crippen molar-refractivity contribution < 1.29 is 9.18 Å². The molecule has 114 valence electrons. The summed E-state index contributed by atoms with van der Waals surface area (Å²) < 4.78 is 12.8. The summed E-state index contributed by atoms with van der Waals surface area (Å²) in [5.74, 6) is -0.272. The van der Waals surface area contributed by atoms with E-state index >= 15 is 0 Å². The standard InChI is InChI=1S/C18H19FN2O/c19-16-8-6-14(7-9-16)12-20-17(22)21-13-18(10-11-18)15-4-2-1-3-5-15/h1-9H,10-13H2,(H2,20,21,22). The van der Waals surface area contributed by atoms with Crippen LogP contribution in [-0.2, 0) is 12.0 Å². The highest BCUT2D eigenvalue weighted by Gasteiger charge is 2.44. The van der Waals surface area contributed by atoms with E-state index in [4.69, 9.17) is 0 Å². The van der Waals surface area contributed by atoms with Crippen molar-refractivity contribution in [2.75, 3.05) is 6.54 Å². The number of hydrogen-bond donors (Lipinski definition) is 2. The van der Waals surface area contributed by atoms with Gasteiger partial charge >= 0.3 is 6.03 Å². The second kappa shape index (κ2) is 6.18. The van der Waals surface area contributed by atoms with Crippen molar-refractivity contribution in [2.24, 2.45) is 0 Å². The normalized spacial score (nSPS) is 15.1. The molecule has 2 amide bonds. The van der Waals surface area contributed by atoms with Gasteiger partial charge in [0.1, 0.15) is 5.82 Å². The molecule has 2 aromatic carbocycles. The lowest BCUT2D eigenvalue weighted by Crippen LogP contribution is -2.39. The van der Waals surface area contributed by atoms with Crippen LogP contribution in [0.25, 0.3) is 0 Å². The van der Waals surface area contributed by atoms with Gasteiger partial charge in [0.15, 0.2) is 0 Å². The molecule has 0 atom stereocenters. The van der Waals surface area contributed by atoms with Crippen molar-refractivity contribution in [3.63, 3.8) is 0 Å². The van der Waals surface area contributed by atoms with E-state index < -0.39 is 0 Å². The molecular formula is C18H19FN2O. The lowest BCUT2D eigenvalue weighted by molar-refractivity contribution is 0.239. The molecule has 0 saturated heterocycles. The average Bonchev–Trinajstić information content (AvgIpc) is 3.34. The number of urea groups is 1. The number of carbonyl (C=O) groups is 1. The summed E-state index contributed by atoms with van der Waals surface area (Å²) in [5.41, 5.74) is 2.27. The van der Waals surface area contributed by atoms with Crippen molar-refractivity contribution in [1.29, 1.82) is 0 Å². The van der Waals surface area contributed by atoms with Gasteiger partial charge < -0.3 is 10.6 Å². The number of hydrogen-bond acceptors (Lipinski definition) is 1. The second-order valence-electron chi connectivity index (χ2n) is 5.81. The van der Waals surface area contributed by atoms with Gasteiger partial charge in [-0.2, -0.15) is 0 Å². The molecule has 4 heteroatoms. The van der Waals surface area contributed by atoms with Gasteiger partial charge in [-0.3, -0.25) is 0 Å². The Morgan fingerprint density at radius 3 is 2.32 bits per heavy atom. The molecule has 0 heterocycles. The Bertz CT molecular complexity index is 636. The largest absolute Gasteiger partial charge is 0.337 e. The molecule has 22 heavy (non-hydrogen) atoms. The van der Waals surface area contributed by atoms with Crippen LogP contribution in [0, 0.1) is 5.82 Å². The summed E-state index contributed by atoms with van der Waals surface area (Å²) in [4.78, 5) is 11.9. The molecule has 0 radical (unpaired) electrons. The zero-order valence-corrected chi connectivity index (χ0v) is 12.3. The Balaban J connectivity index is 1.48. The molecule has 1 fully saturated rings. The van der Waals surface area contributed by atoms with E-state index in [2.05, 4.69) is 22.8 Å². The maximum Gasteiger partial charge on any atom is 0.315 e. The van der Waals surface area contributed by atoms with E-state index in [9.17, 15) is 9.18 Å². The van der Waals surface area contributed by atoms with Crippen molar-refractivity contribution in [3.8, 4) is 0 Å². The van der Waals surface area contributed by atoms with Crippen LogP contribution in [-0.4, -0.2) is 12.6 Å². The topological polar surface area (TPSA) is 41.1 Å². The van der Waals surface area contributed by atoms with E-state index in [1.165, 1.54) is 17.7 Å². The maximum absolute atomic E-state index is 12.8. The Morgan fingerprint density at radius 1 is 1.00 bits per heavy atom. The molecule has 0 spiro atoms. The minimum Gasteiger partial charge on any atom is -0.337 e. The number of carbonyl (C=O) groups excluding carboxylic acids is 1. The summed E-state index contributed by atoms with van der Waals surface area (Å²) in [6.07, 6.45) is 2.21. The van der Waals surface area contributed by atoms with Crippen LogP contribution in [0.4, 0.5) is 9.18 Å². The van der Waals surface area contributed by atoms with Crippen LogP contribution in [0.2, 0.25) is 0 Å². The summed E-state index contributed by atoms with van der Waals surface area (Å²) >= 11 is 0. The number of nitrogens with one attached hydrogen (secondary N) is 2. The first kappa shape index (κ1) is 14.6. The Labute approximate surface area is 129 Å². The van der Waals surface area contributed by atoms with E-state index in [1.54, 1.807) is 12.1 Å². The van der Waals surface area contributed by atoms with Gasteiger partial charge in [-0.25, -0.2) is 9.18 Å². The maximum atomic E-state index is 12.8. The van der Waals surface area contributed by atoms with Crippen molar-refractivity contribution in [3.05, 3.63) is 71.5 Å². The van der Waals surface area contributed by atoms with Crippen LogP contribution in [0.5, 0.6) is 0 Å². The van der Waals surface area contributed by atoms with E-state index in [1.807, 2.05) is 18.2 Å². The van der Waals surface area contributed by atoms with Crippen LogP contribution in [0.1, 0.15) is 24.0 Å². The Kier molecular flexibility index (Phi) is 4.09. The van der Waals surface area contributed by atoms with Crippen molar-refractivity contribution in [1.82, 2.24) is 10.6 Å². The third-order valence-corrected chi connectivity index (χ3v) is 4.19. The zero-order chi connectivity index (χ0) is 15.4. The Morgan fingerprint density at radius 2 is 1.68 bits per heavy atom. The summed E-state index contributed by atoms with van der Waals surface area (Å²) in [7, 11) is 0. The van der Waals surface area contributed by atoms with Gasteiger partial charge in [0.05, 0.1) is 0 Å². The predicted octanol–water partition coefficient (Wildman–Crippen LogP) is 3.36. The predicted molar refractivity (Wildman–Crippen MR) is 84.0 cm³/mol. The number of rotatable bonds is 5. The van der Waals surface area contributed by atoms with Gasteiger partial charge in [0.2, 0.25) is 0 Å². The molecule has 0 aliphatic heterocycles. The quantitative estimate of drug-likeness (QED) is 0.873. The van der Waals surface area contributed by atoms with Gasteiger partial charge in [0, 0.05) is 18.5 Å².